The Bertz CT molecular complexity index is 1030. The van der Waals surface area contributed by atoms with Gasteiger partial charge in [0, 0.05) is 12.0 Å². The van der Waals surface area contributed by atoms with Gasteiger partial charge in [-0.1, -0.05) is 48.9 Å². The van der Waals surface area contributed by atoms with Crippen LogP contribution in [-0.2, 0) is 24.6 Å². The third kappa shape index (κ3) is 5.85. The molecule has 3 aromatic rings. The molecule has 1 atom stereocenters. The SMILES string of the molecule is CCCc1ccc(CCOc2ccc(-c3nnc([C@@](C)(N)CO)s3)cc2C(F)(F)F)cc1. The van der Waals surface area contributed by atoms with E-state index >= 15 is 0 Å². The van der Waals surface area contributed by atoms with Gasteiger partial charge in [0.25, 0.3) is 0 Å². The maximum Gasteiger partial charge on any atom is 0.419 e. The topological polar surface area (TPSA) is 81.3 Å². The smallest absolute Gasteiger partial charge is 0.419 e. The van der Waals surface area contributed by atoms with Crippen LogP contribution in [0.5, 0.6) is 5.75 Å². The number of hydrogen-bond donors (Lipinski definition) is 2. The van der Waals surface area contributed by atoms with Crippen molar-refractivity contribution in [1.29, 1.82) is 0 Å². The minimum absolute atomic E-state index is 0.126. The molecule has 0 amide bonds. The highest BCUT2D eigenvalue weighted by molar-refractivity contribution is 7.14. The van der Waals surface area contributed by atoms with Gasteiger partial charge in [-0.05, 0) is 42.7 Å². The lowest BCUT2D eigenvalue weighted by molar-refractivity contribution is -0.138. The molecule has 0 aliphatic carbocycles. The van der Waals surface area contributed by atoms with Crippen molar-refractivity contribution in [3.63, 3.8) is 0 Å². The van der Waals surface area contributed by atoms with Crippen molar-refractivity contribution in [1.82, 2.24) is 10.2 Å². The number of hydrogen-bond acceptors (Lipinski definition) is 6. The molecule has 1 aromatic heterocycles. The number of halogens is 3. The second-order valence-electron chi connectivity index (χ2n) is 7.86. The molecule has 1 heterocycles. The molecule has 0 saturated carbocycles. The third-order valence-corrected chi connectivity index (χ3v) is 6.24. The first-order chi connectivity index (χ1) is 15.1. The van der Waals surface area contributed by atoms with Crippen LogP contribution in [-0.4, -0.2) is 28.5 Å². The van der Waals surface area contributed by atoms with E-state index in [1.807, 2.05) is 24.3 Å². The molecule has 0 unspecified atom stereocenters. The highest BCUT2D eigenvalue weighted by Gasteiger charge is 2.35. The number of nitrogens with zero attached hydrogens (tertiary/aromatic N) is 2. The maximum atomic E-state index is 13.7. The van der Waals surface area contributed by atoms with Crippen molar-refractivity contribution >= 4 is 11.3 Å². The van der Waals surface area contributed by atoms with Gasteiger partial charge >= 0.3 is 6.18 Å². The predicted octanol–water partition coefficient (Wildman–Crippen LogP) is 4.96. The molecular formula is C23H26F3N3O2S. The normalized spacial score (nSPS) is 13.7. The lowest BCUT2D eigenvalue weighted by Crippen LogP contribution is -2.36. The van der Waals surface area contributed by atoms with Gasteiger partial charge in [0.1, 0.15) is 15.8 Å². The van der Waals surface area contributed by atoms with Crippen molar-refractivity contribution < 1.29 is 23.0 Å². The Hall–Kier alpha value is -2.49. The van der Waals surface area contributed by atoms with Crippen LogP contribution >= 0.6 is 11.3 Å². The number of aromatic nitrogens is 2. The number of aliphatic hydroxyl groups is 1. The van der Waals surface area contributed by atoms with Crippen molar-refractivity contribution in [2.75, 3.05) is 13.2 Å². The molecule has 2 aromatic carbocycles. The molecule has 9 heteroatoms. The Kier molecular flexibility index (Phi) is 7.53. The zero-order chi connectivity index (χ0) is 23.4. The summed E-state index contributed by atoms with van der Waals surface area (Å²) in [5.74, 6) is -0.229. The van der Waals surface area contributed by atoms with Crippen LogP contribution in [0.3, 0.4) is 0 Å². The van der Waals surface area contributed by atoms with Gasteiger partial charge in [-0.25, -0.2) is 0 Å². The minimum atomic E-state index is -4.59. The third-order valence-electron chi connectivity index (χ3n) is 4.98. The molecule has 0 saturated heterocycles. The average molecular weight is 466 g/mol. The Morgan fingerprint density at radius 2 is 1.69 bits per heavy atom. The van der Waals surface area contributed by atoms with Crippen molar-refractivity contribution in [3.05, 3.63) is 64.2 Å². The Morgan fingerprint density at radius 1 is 1.03 bits per heavy atom. The Morgan fingerprint density at radius 3 is 2.28 bits per heavy atom. The van der Waals surface area contributed by atoms with Crippen LogP contribution in [0.1, 0.15) is 42.0 Å². The van der Waals surface area contributed by atoms with E-state index in [1.165, 1.54) is 17.7 Å². The van der Waals surface area contributed by atoms with E-state index in [0.29, 0.717) is 11.4 Å². The lowest BCUT2D eigenvalue weighted by Gasteiger charge is -2.17. The van der Waals surface area contributed by atoms with Crippen molar-refractivity contribution in [3.8, 4) is 16.3 Å². The molecule has 0 bridgehead atoms. The van der Waals surface area contributed by atoms with Crippen LogP contribution in [0.2, 0.25) is 0 Å². The number of rotatable bonds is 9. The van der Waals surface area contributed by atoms with E-state index < -0.39 is 17.3 Å². The molecule has 0 spiro atoms. The lowest BCUT2D eigenvalue weighted by atomic mass is 10.1. The number of aliphatic hydroxyl groups excluding tert-OH is 1. The van der Waals surface area contributed by atoms with Gasteiger partial charge in [0.05, 0.1) is 24.3 Å². The zero-order valence-electron chi connectivity index (χ0n) is 17.9. The first-order valence-electron chi connectivity index (χ1n) is 10.3. The fourth-order valence-electron chi connectivity index (χ4n) is 3.09. The first-order valence-corrected chi connectivity index (χ1v) is 11.1. The van der Waals surface area contributed by atoms with Crippen molar-refractivity contribution in [2.45, 2.75) is 44.8 Å². The molecule has 0 fully saturated rings. The summed E-state index contributed by atoms with van der Waals surface area (Å²) in [4.78, 5) is 0. The summed E-state index contributed by atoms with van der Waals surface area (Å²) in [5, 5.41) is 17.9. The van der Waals surface area contributed by atoms with E-state index in [0.717, 1.165) is 35.8 Å². The van der Waals surface area contributed by atoms with Gasteiger partial charge in [-0.3, -0.25) is 0 Å². The summed E-state index contributed by atoms with van der Waals surface area (Å²) in [7, 11) is 0. The first kappa shape index (κ1) is 24.2. The summed E-state index contributed by atoms with van der Waals surface area (Å²) in [6, 6.07) is 11.9. The highest BCUT2D eigenvalue weighted by Crippen LogP contribution is 2.39. The molecule has 0 aliphatic rings. The Labute approximate surface area is 189 Å². The van der Waals surface area contributed by atoms with E-state index in [1.54, 1.807) is 6.92 Å². The van der Waals surface area contributed by atoms with Crippen LogP contribution in [0.4, 0.5) is 13.2 Å². The second-order valence-corrected chi connectivity index (χ2v) is 8.84. The summed E-state index contributed by atoms with van der Waals surface area (Å²) in [5.41, 5.74) is 6.45. The number of nitrogens with two attached hydrogens (primary N) is 1. The van der Waals surface area contributed by atoms with Gasteiger partial charge in [-0.2, -0.15) is 13.2 Å². The van der Waals surface area contributed by atoms with Gasteiger partial charge < -0.3 is 15.6 Å². The van der Waals surface area contributed by atoms with E-state index in [4.69, 9.17) is 10.5 Å². The molecule has 5 nitrogen and oxygen atoms in total. The molecule has 0 aliphatic heterocycles. The molecule has 32 heavy (non-hydrogen) atoms. The number of aryl methyl sites for hydroxylation is 1. The maximum absolute atomic E-state index is 13.7. The monoisotopic (exact) mass is 465 g/mol. The van der Waals surface area contributed by atoms with Crippen LogP contribution in [0.15, 0.2) is 42.5 Å². The number of benzene rings is 2. The Balaban J connectivity index is 1.76. The second kappa shape index (κ2) is 9.97. The molecular weight excluding hydrogens is 439 g/mol. The molecule has 0 radical (unpaired) electrons. The zero-order valence-corrected chi connectivity index (χ0v) is 18.8. The highest BCUT2D eigenvalue weighted by atomic mass is 32.1. The number of ether oxygens (including phenoxy) is 1. The summed E-state index contributed by atoms with van der Waals surface area (Å²) in [6.45, 7) is 3.45. The van der Waals surface area contributed by atoms with Crippen LogP contribution in [0, 0.1) is 0 Å². The van der Waals surface area contributed by atoms with Gasteiger partial charge in [0.15, 0.2) is 0 Å². The quantitative estimate of drug-likeness (QED) is 0.467. The summed E-state index contributed by atoms with van der Waals surface area (Å²) >= 11 is 1.05. The summed E-state index contributed by atoms with van der Waals surface area (Å²) < 4.78 is 46.6. The molecule has 3 rings (SSSR count). The van der Waals surface area contributed by atoms with E-state index in [-0.39, 0.29) is 29.5 Å². The van der Waals surface area contributed by atoms with Crippen LogP contribution in [0.25, 0.3) is 10.6 Å². The molecule has 3 N–H and O–H groups in total. The minimum Gasteiger partial charge on any atom is -0.493 e. The van der Waals surface area contributed by atoms with E-state index in [2.05, 4.69) is 17.1 Å². The number of alkyl halides is 3. The largest absolute Gasteiger partial charge is 0.493 e. The fourth-order valence-corrected chi connectivity index (χ4v) is 3.98. The molecule has 172 valence electrons. The fraction of sp³-hybridized carbons (Fsp3) is 0.391. The van der Waals surface area contributed by atoms with Gasteiger partial charge in [-0.15, -0.1) is 10.2 Å². The predicted molar refractivity (Wildman–Crippen MR) is 119 cm³/mol. The van der Waals surface area contributed by atoms with Crippen LogP contribution < -0.4 is 10.5 Å². The van der Waals surface area contributed by atoms with E-state index in [9.17, 15) is 18.3 Å². The average Bonchev–Trinajstić information content (AvgIpc) is 3.26. The standard InChI is InChI=1S/C23H26F3N3O2S/c1-3-4-15-5-7-16(8-6-15)11-12-31-19-10-9-17(13-18(19)23(24,25)26)20-28-29-21(32-20)22(2,27)14-30/h5-10,13,30H,3-4,11-12,14,27H2,1-2H3/t22-/m0/s1. The van der Waals surface area contributed by atoms with Crippen molar-refractivity contribution in [2.24, 2.45) is 5.73 Å². The summed E-state index contributed by atoms with van der Waals surface area (Å²) in [6.07, 6.45) is -2.03. The van der Waals surface area contributed by atoms with Gasteiger partial charge in [0.2, 0.25) is 0 Å².